The first kappa shape index (κ1) is 20.8. The van der Waals surface area contributed by atoms with E-state index in [-0.39, 0.29) is 0 Å². The van der Waals surface area contributed by atoms with Crippen LogP contribution in [-0.4, -0.2) is 32.0 Å². The van der Waals surface area contributed by atoms with E-state index in [1.807, 2.05) is 0 Å². The van der Waals surface area contributed by atoms with Crippen molar-refractivity contribution in [1.29, 1.82) is 0 Å². The summed E-state index contributed by atoms with van der Waals surface area (Å²) in [6.45, 7) is 6.14. The Bertz CT molecular complexity index is 321. The van der Waals surface area contributed by atoms with Crippen LogP contribution in [0.4, 0.5) is 0 Å². The first-order valence-electron chi connectivity index (χ1n) is 10.9. The second-order valence-corrected chi connectivity index (χ2v) is 7.88. The standard InChI is InChI=1S/C22H40O3/c1-2-23-17-13-8-6-4-3-5-7-12-16-22(25-19-21-18-24-21)20-14-10-9-11-15-20/h2,20-22H,1,3-19H2. The summed E-state index contributed by atoms with van der Waals surface area (Å²) in [4.78, 5) is 0. The highest BCUT2D eigenvalue weighted by Gasteiger charge is 2.28. The second kappa shape index (κ2) is 13.6. The molecule has 1 saturated carbocycles. The van der Waals surface area contributed by atoms with Crippen LogP contribution in [-0.2, 0) is 14.2 Å². The van der Waals surface area contributed by atoms with Gasteiger partial charge in [0.25, 0.3) is 0 Å². The second-order valence-electron chi connectivity index (χ2n) is 7.88. The van der Waals surface area contributed by atoms with E-state index in [2.05, 4.69) is 6.58 Å². The molecule has 1 aliphatic heterocycles. The van der Waals surface area contributed by atoms with Crippen LogP contribution in [0.1, 0.15) is 89.9 Å². The summed E-state index contributed by atoms with van der Waals surface area (Å²) in [5.41, 5.74) is 0. The molecule has 3 nitrogen and oxygen atoms in total. The van der Waals surface area contributed by atoms with Gasteiger partial charge in [0.15, 0.2) is 0 Å². The van der Waals surface area contributed by atoms with Gasteiger partial charge < -0.3 is 14.2 Å². The van der Waals surface area contributed by atoms with Gasteiger partial charge >= 0.3 is 0 Å². The Morgan fingerprint density at radius 2 is 1.56 bits per heavy atom. The molecular formula is C22H40O3. The molecule has 2 atom stereocenters. The van der Waals surface area contributed by atoms with Crippen LogP contribution in [0, 0.1) is 5.92 Å². The van der Waals surface area contributed by atoms with Gasteiger partial charge in [0.1, 0.15) is 6.10 Å². The Hall–Kier alpha value is -0.540. The maximum Gasteiger partial charge on any atom is 0.104 e. The predicted molar refractivity (Wildman–Crippen MR) is 104 cm³/mol. The van der Waals surface area contributed by atoms with Gasteiger partial charge in [0, 0.05) is 0 Å². The molecule has 146 valence electrons. The van der Waals surface area contributed by atoms with Gasteiger partial charge in [-0.05, 0) is 31.6 Å². The molecule has 0 spiro atoms. The lowest BCUT2D eigenvalue weighted by atomic mass is 9.83. The van der Waals surface area contributed by atoms with Gasteiger partial charge in [-0.3, -0.25) is 0 Å². The Morgan fingerprint density at radius 1 is 0.920 bits per heavy atom. The van der Waals surface area contributed by atoms with Crippen LogP contribution in [0.5, 0.6) is 0 Å². The molecule has 1 heterocycles. The summed E-state index contributed by atoms with van der Waals surface area (Å²) < 4.78 is 16.7. The highest BCUT2D eigenvalue weighted by Crippen LogP contribution is 2.31. The summed E-state index contributed by atoms with van der Waals surface area (Å²) in [6.07, 6.45) is 21.3. The van der Waals surface area contributed by atoms with E-state index in [0.29, 0.717) is 12.2 Å². The Labute approximate surface area is 155 Å². The topological polar surface area (TPSA) is 31.0 Å². The van der Waals surface area contributed by atoms with E-state index in [9.17, 15) is 0 Å². The molecule has 0 radical (unpaired) electrons. The quantitative estimate of drug-likeness (QED) is 0.193. The summed E-state index contributed by atoms with van der Waals surface area (Å²) in [5.74, 6) is 0.810. The zero-order chi connectivity index (χ0) is 17.6. The molecule has 0 aromatic rings. The zero-order valence-electron chi connectivity index (χ0n) is 16.3. The van der Waals surface area contributed by atoms with E-state index in [1.54, 1.807) is 6.26 Å². The fourth-order valence-electron chi connectivity index (χ4n) is 4.03. The first-order valence-corrected chi connectivity index (χ1v) is 10.9. The number of ether oxygens (including phenoxy) is 3. The van der Waals surface area contributed by atoms with Crippen molar-refractivity contribution in [2.24, 2.45) is 5.92 Å². The molecule has 25 heavy (non-hydrogen) atoms. The SMILES string of the molecule is C=COCCCCCCCCCCC(OCC1CO1)C1CCCCC1. The largest absolute Gasteiger partial charge is 0.502 e. The van der Waals surface area contributed by atoms with Crippen molar-refractivity contribution in [1.82, 2.24) is 0 Å². The van der Waals surface area contributed by atoms with Crippen molar-refractivity contribution in [2.45, 2.75) is 102 Å². The number of epoxide rings is 1. The summed E-state index contributed by atoms with van der Waals surface area (Å²) in [7, 11) is 0. The molecule has 0 amide bonds. The smallest absolute Gasteiger partial charge is 0.104 e. The fourth-order valence-corrected chi connectivity index (χ4v) is 4.03. The minimum atomic E-state index is 0.406. The molecule has 2 fully saturated rings. The minimum absolute atomic E-state index is 0.406. The number of hydrogen-bond acceptors (Lipinski definition) is 3. The molecular weight excluding hydrogens is 312 g/mol. The van der Waals surface area contributed by atoms with Crippen molar-refractivity contribution >= 4 is 0 Å². The van der Waals surface area contributed by atoms with E-state index < -0.39 is 0 Å². The molecule has 0 bridgehead atoms. The molecule has 3 heteroatoms. The van der Waals surface area contributed by atoms with Gasteiger partial charge in [-0.2, -0.15) is 0 Å². The molecule has 0 N–H and O–H groups in total. The van der Waals surface area contributed by atoms with E-state index in [4.69, 9.17) is 14.2 Å². The third-order valence-electron chi connectivity index (χ3n) is 5.69. The Balaban J connectivity index is 1.46. The van der Waals surface area contributed by atoms with Gasteiger partial charge in [-0.15, -0.1) is 0 Å². The van der Waals surface area contributed by atoms with Gasteiger partial charge in [0.2, 0.25) is 0 Å². The lowest BCUT2D eigenvalue weighted by molar-refractivity contribution is -0.0127. The number of rotatable bonds is 16. The van der Waals surface area contributed by atoms with Crippen LogP contribution < -0.4 is 0 Å². The van der Waals surface area contributed by atoms with Crippen LogP contribution in [0.15, 0.2) is 12.8 Å². The maximum atomic E-state index is 6.25. The van der Waals surface area contributed by atoms with Crippen LogP contribution in [0.2, 0.25) is 0 Å². The van der Waals surface area contributed by atoms with Crippen LogP contribution in [0.3, 0.4) is 0 Å². The summed E-state index contributed by atoms with van der Waals surface area (Å²) in [5, 5.41) is 0. The average Bonchev–Trinajstić information content (AvgIpc) is 3.47. The molecule has 0 aromatic carbocycles. The van der Waals surface area contributed by atoms with Crippen LogP contribution in [0.25, 0.3) is 0 Å². The van der Waals surface area contributed by atoms with Crippen molar-refractivity contribution in [3.05, 3.63) is 12.8 Å². The zero-order valence-corrected chi connectivity index (χ0v) is 16.3. The fraction of sp³-hybridized carbons (Fsp3) is 0.909. The highest BCUT2D eigenvalue weighted by atomic mass is 16.6. The van der Waals surface area contributed by atoms with Gasteiger partial charge in [-0.25, -0.2) is 0 Å². The summed E-state index contributed by atoms with van der Waals surface area (Å²) >= 11 is 0. The first-order chi connectivity index (χ1) is 12.4. The van der Waals surface area contributed by atoms with E-state index in [0.717, 1.165) is 32.2 Å². The number of unbranched alkanes of at least 4 members (excludes halogenated alkanes) is 7. The highest BCUT2D eigenvalue weighted by molar-refractivity contribution is 4.77. The molecule has 1 saturated heterocycles. The van der Waals surface area contributed by atoms with E-state index >= 15 is 0 Å². The third kappa shape index (κ3) is 10.3. The molecule has 2 rings (SSSR count). The molecule has 2 unspecified atom stereocenters. The lowest BCUT2D eigenvalue weighted by Gasteiger charge is -2.30. The van der Waals surface area contributed by atoms with Gasteiger partial charge in [-0.1, -0.05) is 70.8 Å². The minimum Gasteiger partial charge on any atom is -0.502 e. The van der Waals surface area contributed by atoms with Crippen molar-refractivity contribution in [2.75, 3.05) is 19.8 Å². The Morgan fingerprint density at radius 3 is 2.20 bits per heavy atom. The third-order valence-corrected chi connectivity index (χ3v) is 5.69. The maximum absolute atomic E-state index is 6.25. The molecule has 0 aromatic heterocycles. The average molecular weight is 353 g/mol. The molecule has 2 aliphatic rings. The molecule has 1 aliphatic carbocycles. The number of hydrogen-bond donors (Lipinski definition) is 0. The van der Waals surface area contributed by atoms with Crippen LogP contribution >= 0.6 is 0 Å². The lowest BCUT2D eigenvalue weighted by Crippen LogP contribution is -2.27. The van der Waals surface area contributed by atoms with Crippen molar-refractivity contribution in [3.63, 3.8) is 0 Å². The van der Waals surface area contributed by atoms with Crippen molar-refractivity contribution in [3.8, 4) is 0 Å². The predicted octanol–water partition coefficient (Wildman–Crippen LogP) is 6.02. The Kier molecular flexibility index (Phi) is 11.3. The monoisotopic (exact) mass is 352 g/mol. The normalized spacial score (nSPS) is 21.8. The summed E-state index contributed by atoms with van der Waals surface area (Å²) in [6, 6.07) is 0. The van der Waals surface area contributed by atoms with Crippen molar-refractivity contribution < 1.29 is 14.2 Å². The van der Waals surface area contributed by atoms with E-state index in [1.165, 1.54) is 83.5 Å². The van der Waals surface area contributed by atoms with Gasteiger partial charge in [0.05, 0.1) is 32.2 Å².